The molecular formula is C18H32N2O2. The molecule has 2 unspecified atom stereocenters. The van der Waals surface area contributed by atoms with Gasteiger partial charge in [-0.25, -0.2) is 4.79 Å². The molecule has 4 heteroatoms. The SMILES string of the molecule is CC(C)(C)OC(=O)NC1CCC(NCC(C2CC2)C2CC2)C1. The highest BCUT2D eigenvalue weighted by Crippen LogP contribution is 2.48. The van der Waals surface area contributed by atoms with Gasteiger partial charge in [-0.1, -0.05) is 0 Å². The van der Waals surface area contributed by atoms with E-state index in [1.807, 2.05) is 20.8 Å². The minimum atomic E-state index is -0.415. The Morgan fingerprint density at radius 3 is 2.18 bits per heavy atom. The Hall–Kier alpha value is -0.770. The molecular weight excluding hydrogens is 276 g/mol. The van der Waals surface area contributed by atoms with Gasteiger partial charge in [0.05, 0.1) is 0 Å². The van der Waals surface area contributed by atoms with Crippen LogP contribution in [0.4, 0.5) is 4.79 Å². The van der Waals surface area contributed by atoms with E-state index in [0.717, 1.165) is 30.6 Å². The Balaban J connectivity index is 1.36. The molecule has 2 N–H and O–H groups in total. The van der Waals surface area contributed by atoms with Crippen LogP contribution in [-0.2, 0) is 4.74 Å². The van der Waals surface area contributed by atoms with Crippen molar-refractivity contribution >= 4 is 6.09 Å². The quantitative estimate of drug-likeness (QED) is 0.790. The average molecular weight is 308 g/mol. The van der Waals surface area contributed by atoms with E-state index in [9.17, 15) is 4.79 Å². The summed E-state index contributed by atoms with van der Waals surface area (Å²) >= 11 is 0. The van der Waals surface area contributed by atoms with Crippen molar-refractivity contribution in [3.8, 4) is 0 Å². The summed E-state index contributed by atoms with van der Waals surface area (Å²) < 4.78 is 5.34. The number of hydrogen-bond acceptors (Lipinski definition) is 3. The second-order valence-corrected chi connectivity index (χ2v) is 8.60. The smallest absolute Gasteiger partial charge is 0.407 e. The summed E-state index contributed by atoms with van der Waals surface area (Å²) in [6.45, 7) is 6.91. The highest BCUT2D eigenvalue weighted by atomic mass is 16.6. The Labute approximate surface area is 134 Å². The van der Waals surface area contributed by atoms with Gasteiger partial charge in [0, 0.05) is 12.1 Å². The molecule has 0 spiro atoms. The van der Waals surface area contributed by atoms with E-state index < -0.39 is 5.60 Å². The van der Waals surface area contributed by atoms with Crippen LogP contribution in [0.5, 0.6) is 0 Å². The zero-order valence-corrected chi connectivity index (χ0v) is 14.4. The normalized spacial score (nSPS) is 28.9. The van der Waals surface area contributed by atoms with Gasteiger partial charge >= 0.3 is 6.09 Å². The van der Waals surface area contributed by atoms with Crippen molar-refractivity contribution in [3.63, 3.8) is 0 Å². The zero-order valence-electron chi connectivity index (χ0n) is 14.4. The summed E-state index contributed by atoms with van der Waals surface area (Å²) in [4.78, 5) is 11.8. The number of carbonyl (C=O) groups is 1. The van der Waals surface area contributed by atoms with E-state index >= 15 is 0 Å². The molecule has 0 aromatic rings. The van der Waals surface area contributed by atoms with Crippen molar-refractivity contribution in [2.75, 3.05) is 6.54 Å². The van der Waals surface area contributed by atoms with Crippen molar-refractivity contribution in [3.05, 3.63) is 0 Å². The standard InChI is InChI=1S/C18H32N2O2/c1-18(2,3)22-17(21)20-15-9-8-14(10-15)19-11-16(12-4-5-12)13-6-7-13/h12-16,19H,4-11H2,1-3H3,(H,20,21). The van der Waals surface area contributed by atoms with Crippen molar-refractivity contribution in [2.24, 2.45) is 17.8 Å². The van der Waals surface area contributed by atoms with Crippen LogP contribution in [0.1, 0.15) is 65.7 Å². The number of carbonyl (C=O) groups excluding carboxylic acids is 1. The molecule has 0 heterocycles. The summed E-state index contributed by atoms with van der Waals surface area (Å²) in [6, 6.07) is 0.840. The highest BCUT2D eigenvalue weighted by molar-refractivity contribution is 5.68. The molecule has 0 bridgehead atoms. The van der Waals surface area contributed by atoms with Crippen LogP contribution in [-0.4, -0.2) is 30.3 Å². The number of alkyl carbamates (subject to hydrolysis) is 1. The second kappa shape index (κ2) is 6.38. The van der Waals surface area contributed by atoms with Crippen LogP contribution in [0.3, 0.4) is 0 Å². The molecule has 126 valence electrons. The van der Waals surface area contributed by atoms with Crippen LogP contribution in [0.15, 0.2) is 0 Å². The van der Waals surface area contributed by atoms with Crippen LogP contribution < -0.4 is 10.6 Å². The lowest BCUT2D eigenvalue weighted by molar-refractivity contribution is 0.0505. The van der Waals surface area contributed by atoms with E-state index in [1.54, 1.807) is 0 Å². The van der Waals surface area contributed by atoms with Crippen LogP contribution in [0.2, 0.25) is 0 Å². The van der Waals surface area contributed by atoms with Crippen LogP contribution >= 0.6 is 0 Å². The van der Waals surface area contributed by atoms with Gasteiger partial charge in [0.2, 0.25) is 0 Å². The van der Waals surface area contributed by atoms with Gasteiger partial charge in [0.1, 0.15) is 5.60 Å². The van der Waals surface area contributed by atoms with E-state index in [1.165, 1.54) is 38.6 Å². The van der Waals surface area contributed by atoms with Crippen LogP contribution in [0, 0.1) is 17.8 Å². The minimum absolute atomic E-state index is 0.271. The lowest BCUT2D eigenvalue weighted by Gasteiger charge is -2.22. The number of amides is 1. The van der Waals surface area contributed by atoms with Gasteiger partial charge < -0.3 is 15.4 Å². The lowest BCUT2D eigenvalue weighted by Crippen LogP contribution is -2.39. The van der Waals surface area contributed by atoms with Gasteiger partial charge in [0.25, 0.3) is 0 Å². The number of hydrogen-bond donors (Lipinski definition) is 2. The van der Waals surface area contributed by atoms with E-state index in [0.29, 0.717) is 6.04 Å². The number of nitrogens with one attached hydrogen (secondary N) is 2. The largest absolute Gasteiger partial charge is 0.444 e. The zero-order chi connectivity index (χ0) is 15.7. The first-order chi connectivity index (χ1) is 10.4. The second-order valence-electron chi connectivity index (χ2n) is 8.60. The third-order valence-electron chi connectivity index (χ3n) is 5.25. The molecule has 3 fully saturated rings. The van der Waals surface area contributed by atoms with Gasteiger partial charge in [-0.05, 0) is 90.0 Å². The first-order valence-corrected chi connectivity index (χ1v) is 9.13. The summed E-state index contributed by atoms with van der Waals surface area (Å²) in [5.74, 6) is 2.95. The monoisotopic (exact) mass is 308 g/mol. The molecule has 0 aromatic carbocycles. The van der Waals surface area contributed by atoms with Crippen molar-refractivity contribution in [1.82, 2.24) is 10.6 Å². The van der Waals surface area contributed by atoms with Gasteiger partial charge in [0.15, 0.2) is 0 Å². The number of ether oxygens (including phenoxy) is 1. The molecule has 22 heavy (non-hydrogen) atoms. The number of rotatable bonds is 6. The van der Waals surface area contributed by atoms with E-state index in [-0.39, 0.29) is 12.1 Å². The summed E-state index contributed by atoms with van der Waals surface area (Å²) in [7, 11) is 0. The Morgan fingerprint density at radius 1 is 1.05 bits per heavy atom. The van der Waals surface area contributed by atoms with Crippen molar-refractivity contribution in [1.29, 1.82) is 0 Å². The lowest BCUT2D eigenvalue weighted by atomic mass is 9.97. The molecule has 0 aliphatic heterocycles. The van der Waals surface area contributed by atoms with Crippen molar-refractivity contribution in [2.45, 2.75) is 83.4 Å². The topological polar surface area (TPSA) is 50.4 Å². The first kappa shape index (κ1) is 16.1. The van der Waals surface area contributed by atoms with Gasteiger partial charge in [-0.2, -0.15) is 0 Å². The Kier molecular flexibility index (Phi) is 4.67. The predicted octanol–water partition coefficient (Wildman–Crippen LogP) is 3.46. The average Bonchev–Trinajstić information content (AvgIpc) is 3.28. The fourth-order valence-corrected chi connectivity index (χ4v) is 3.84. The third-order valence-corrected chi connectivity index (χ3v) is 5.25. The molecule has 3 saturated carbocycles. The molecule has 1 amide bonds. The maximum absolute atomic E-state index is 11.8. The molecule has 3 aliphatic rings. The maximum Gasteiger partial charge on any atom is 0.407 e. The van der Waals surface area contributed by atoms with Crippen molar-refractivity contribution < 1.29 is 9.53 Å². The fraction of sp³-hybridized carbons (Fsp3) is 0.944. The first-order valence-electron chi connectivity index (χ1n) is 9.13. The molecule has 3 rings (SSSR count). The molecule has 4 nitrogen and oxygen atoms in total. The van der Waals surface area contributed by atoms with Gasteiger partial charge in [-0.3, -0.25) is 0 Å². The van der Waals surface area contributed by atoms with Crippen LogP contribution in [0.25, 0.3) is 0 Å². The fourth-order valence-electron chi connectivity index (χ4n) is 3.84. The van der Waals surface area contributed by atoms with E-state index in [4.69, 9.17) is 4.74 Å². The maximum atomic E-state index is 11.8. The Morgan fingerprint density at radius 2 is 1.64 bits per heavy atom. The summed E-state index contributed by atoms with van der Waals surface area (Å²) in [5.41, 5.74) is -0.415. The summed E-state index contributed by atoms with van der Waals surface area (Å²) in [5, 5.41) is 6.81. The predicted molar refractivity (Wildman–Crippen MR) is 87.7 cm³/mol. The summed E-state index contributed by atoms with van der Waals surface area (Å²) in [6.07, 6.45) is 8.82. The molecule has 0 saturated heterocycles. The third kappa shape index (κ3) is 4.87. The molecule has 3 aliphatic carbocycles. The molecule has 0 aromatic heterocycles. The highest BCUT2D eigenvalue weighted by Gasteiger charge is 2.41. The minimum Gasteiger partial charge on any atom is -0.444 e. The Bertz CT molecular complexity index is 384. The molecule has 0 radical (unpaired) electrons. The van der Waals surface area contributed by atoms with Gasteiger partial charge in [-0.15, -0.1) is 0 Å². The molecule has 2 atom stereocenters. The van der Waals surface area contributed by atoms with E-state index in [2.05, 4.69) is 10.6 Å².